The number of carbonyl (C=O) groups excluding carboxylic acids is 2. The first-order chi connectivity index (χ1) is 12.0. The van der Waals surface area contributed by atoms with Crippen LogP contribution in [0, 0.1) is 11.8 Å². The zero-order valence-corrected chi connectivity index (χ0v) is 17.0. The average Bonchev–Trinajstić information content (AvgIpc) is 2.99. The number of benzene rings is 1. The van der Waals surface area contributed by atoms with Crippen molar-refractivity contribution in [3.05, 3.63) is 28.2 Å². The smallest absolute Gasteiger partial charge is 0.239 e. The van der Waals surface area contributed by atoms with E-state index in [2.05, 4.69) is 5.32 Å². The third kappa shape index (κ3) is 4.45. The van der Waals surface area contributed by atoms with E-state index in [1.165, 1.54) is 0 Å². The molecule has 8 heteroatoms. The van der Waals surface area contributed by atoms with Crippen molar-refractivity contribution in [3.8, 4) is 0 Å². The van der Waals surface area contributed by atoms with Crippen molar-refractivity contribution in [2.45, 2.75) is 19.3 Å². The Bertz CT molecular complexity index is 663. The van der Waals surface area contributed by atoms with Crippen LogP contribution in [-0.2, 0) is 9.59 Å². The monoisotopic (exact) mass is 419 g/mol. The molecule has 1 atom stereocenters. The molecule has 2 heterocycles. The highest BCUT2D eigenvalue weighted by Crippen LogP contribution is 2.32. The van der Waals surface area contributed by atoms with Crippen LogP contribution < -0.4 is 10.2 Å². The maximum atomic E-state index is 12.8. The molecule has 144 valence electrons. The van der Waals surface area contributed by atoms with E-state index in [9.17, 15) is 9.59 Å². The van der Waals surface area contributed by atoms with E-state index in [-0.39, 0.29) is 24.2 Å². The molecule has 3 rings (SSSR count). The Labute approximate surface area is 170 Å². The number of nitrogens with zero attached hydrogens (tertiary/aromatic N) is 2. The zero-order valence-electron chi connectivity index (χ0n) is 14.7. The van der Waals surface area contributed by atoms with Crippen LogP contribution in [0.3, 0.4) is 0 Å². The lowest BCUT2D eigenvalue weighted by atomic mass is 9.95. The largest absolute Gasteiger partial charge is 0.342 e. The van der Waals surface area contributed by atoms with Gasteiger partial charge in [0.1, 0.15) is 5.92 Å². The van der Waals surface area contributed by atoms with Crippen molar-refractivity contribution in [1.82, 2.24) is 10.2 Å². The second-order valence-electron chi connectivity index (χ2n) is 6.76. The van der Waals surface area contributed by atoms with Crippen LogP contribution in [0.2, 0.25) is 10.0 Å². The first kappa shape index (κ1) is 21.3. The fourth-order valence-corrected chi connectivity index (χ4v) is 3.98. The molecule has 0 aromatic heterocycles. The fraction of sp³-hybridized carbons (Fsp3) is 0.556. The molecule has 2 aliphatic heterocycles. The quantitative estimate of drug-likeness (QED) is 0.761. The minimum atomic E-state index is -0.574. The highest BCUT2D eigenvalue weighted by atomic mass is 35.5. The van der Waals surface area contributed by atoms with Crippen molar-refractivity contribution < 1.29 is 9.59 Å². The summed E-state index contributed by atoms with van der Waals surface area (Å²) >= 11 is 12.0. The second-order valence-corrected chi connectivity index (χ2v) is 7.57. The van der Waals surface area contributed by atoms with Gasteiger partial charge in [0.25, 0.3) is 0 Å². The number of anilines is 1. The van der Waals surface area contributed by atoms with Crippen molar-refractivity contribution in [1.29, 1.82) is 0 Å². The van der Waals surface area contributed by atoms with Gasteiger partial charge in [0.05, 0.1) is 10.0 Å². The van der Waals surface area contributed by atoms with E-state index in [0.717, 1.165) is 32.5 Å². The highest BCUT2D eigenvalue weighted by molar-refractivity contribution is 6.42. The Kier molecular flexibility index (Phi) is 7.59. The molecule has 1 unspecified atom stereocenters. The number of rotatable bonds is 4. The molecule has 26 heavy (non-hydrogen) atoms. The Morgan fingerprint density at radius 2 is 1.85 bits per heavy atom. The fourth-order valence-electron chi connectivity index (χ4n) is 3.68. The Balaban J connectivity index is 0.00000243. The molecule has 2 aliphatic rings. The summed E-state index contributed by atoms with van der Waals surface area (Å²) < 4.78 is 0. The summed E-state index contributed by atoms with van der Waals surface area (Å²) in [5.74, 6) is -0.132. The molecular weight excluding hydrogens is 397 g/mol. The molecule has 0 saturated carbocycles. The molecular formula is C18H24Cl3N3O2. The number of piperidine rings is 1. The number of hydrogen-bond acceptors (Lipinski definition) is 3. The molecule has 0 aliphatic carbocycles. The second kappa shape index (κ2) is 9.27. The Morgan fingerprint density at radius 1 is 1.15 bits per heavy atom. The lowest BCUT2D eigenvalue weighted by Gasteiger charge is -2.33. The molecule has 0 radical (unpaired) electrons. The van der Waals surface area contributed by atoms with Gasteiger partial charge >= 0.3 is 0 Å². The number of halogens is 3. The van der Waals surface area contributed by atoms with Crippen molar-refractivity contribution >= 4 is 53.1 Å². The van der Waals surface area contributed by atoms with Crippen LogP contribution in [-0.4, -0.2) is 49.9 Å². The van der Waals surface area contributed by atoms with Gasteiger partial charge in [-0.3, -0.25) is 9.59 Å². The topological polar surface area (TPSA) is 52.7 Å². The van der Waals surface area contributed by atoms with E-state index in [1.54, 1.807) is 23.1 Å². The summed E-state index contributed by atoms with van der Waals surface area (Å²) in [5.41, 5.74) is 0.697. The number of nitrogens with one attached hydrogen (secondary N) is 1. The molecule has 1 aromatic carbocycles. The molecule has 0 bridgehead atoms. The van der Waals surface area contributed by atoms with Gasteiger partial charge in [0, 0.05) is 25.3 Å². The Hall–Kier alpha value is -1.01. The molecule has 2 saturated heterocycles. The van der Waals surface area contributed by atoms with Gasteiger partial charge in [-0.15, -0.1) is 12.4 Å². The molecule has 2 fully saturated rings. The minimum Gasteiger partial charge on any atom is -0.342 e. The first-order valence-corrected chi connectivity index (χ1v) is 9.46. The van der Waals surface area contributed by atoms with Gasteiger partial charge in [-0.1, -0.05) is 23.2 Å². The summed E-state index contributed by atoms with van der Waals surface area (Å²) in [5, 5.41) is 4.06. The van der Waals surface area contributed by atoms with Crippen LogP contribution in [0.4, 0.5) is 5.69 Å². The van der Waals surface area contributed by atoms with Gasteiger partial charge in [0.15, 0.2) is 0 Å². The van der Waals surface area contributed by atoms with Gasteiger partial charge in [-0.05, 0) is 57.0 Å². The molecule has 2 amide bonds. The third-order valence-corrected chi connectivity index (χ3v) is 5.88. The maximum absolute atomic E-state index is 12.8. The predicted molar refractivity (Wildman–Crippen MR) is 107 cm³/mol. The predicted octanol–water partition coefficient (Wildman–Crippen LogP) is 3.23. The van der Waals surface area contributed by atoms with Crippen LogP contribution in [0.5, 0.6) is 0 Å². The summed E-state index contributed by atoms with van der Waals surface area (Å²) in [6.45, 7) is 2.99. The summed E-state index contributed by atoms with van der Waals surface area (Å²) in [6.07, 6.45) is 2.53. The normalized spacial score (nSPS) is 21.0. The zero-order chi connectivity index (χ0) is 18.0. The minimum absolute atomic E-state index is 0. The van der Waals surface area contributed by atoms with Crippen LogP contribution >= 0.6 is 35.6 Å². The van der Waals surface area contributed by atoms with Crippen molar-refractivity contribution in [2.24, 2.45) is 11.8 Å². The highest BCUT2D eigenvalue weighted by Gasteiger charge is 2.40. The summed E-state index contributed by atoms with van der Waals surface area (Å²) in [7, 11) is 1.95. The number of hydrogen-bond donors (Lipinski definition) is 1. The SMILES string of the molecule is CNCC1CCN(C(=O)C2CCN(c3ccc(Cl)c(Cl)c3)C2=O)CC1.Cl. The lowest BCUT2D eigenvalue weighted by molar-refractivity contribution is -0.141. The van der Waals surface area contributed by atoms with E-state index in [0.29, 0.717) is 34.6 Å². The van der Waals surface area contributed by atoms with Crippen molar-refractivity contribution in [2.75, 3.05) is 38.1 Å². The summed E-state index contributed by atoms with van der Waals surface area (Å²) in [6, 6.07) is 5.12. The number of carbonyl (C=O) groups is 2. The molecule has 5 nitrogen and oxygen atoms in total. The maximum Gasteiger partial charge on any atom is 0.239 e. The molecule has 1 aromatic rings. The molecule has 1 N–H and O–H groups in total. The van der Waals surface area contributed by atoms with E-state index in [1.807, 2.05) is 11.9 Å². The first-order valence-electron chi connectivity index (χ1n) is 8.71. The van der Waals surface area contributed by atoms with E-state index < -0.39 is 5.92 Å². The Morgan fingerprint density at radius 3 is 2.46 bits per heavy atom. The van der Waals surface area contributed by atoms with Crippen LogP contribution in [0.1, 0.15) is 19.3 Å². The van der Waals surface area contributed by atoms with Gasteiger partial charge < -0.3 is 15.1 Å². The van der Waals surface area contributed by atoms with Gasteiger partial charge in [0.2, 0.25) is 11.8 Å². The van der Waals surface area contributed by atoms with Gasteiger partial charge in [-0.25, -0.2) is 0 Å². The number of likely N-dealkylation sites (tertiary alicyclic amines) is 1. The molecule has 0 spiro atoms. The summed E-state index contributed by atoms with van der Waals surface area (Å²) in [4.78, 5) is 29.0. The standard InChI is InChI=1S/C18H23Cl2N3O2.ClH/c1-21-11-12-4-7-22(8-5-12)17(24)14-6-9-23(18(14)25)13-2-3-15(19)16(20)10-13;/h2-3,10,12,14,21H,4-9,11H2,1H3;1H. The van der Waals surface area contributed by atoms with Crippen LogP contribution in [0.25, 0.3) is 0 Å². The van der Waals surface area contributed by atoms with Crippen LogP contribution in [0.15, 0.2) is 18.2 Å². The van der Waals surface area contributed by atoms with Crippen molar-refractivity contribution in [3.63, 3.8) is 0 Å². The lowest BCUT2D eigenvalue weighted by Crippen LogP contribution is -2.45. The number of amides is 2. The third-order valence-electron chi connectivity index (χ3n) is 5.14. The average molecular weight is 421 g/mol. The van der Waals surface area contributed by atoms with E-state index >= 15 is 0 Å². The van der Waals surface area contributed by atoms with E-state index in [4.69, 9.17) is 23.2 Å². The van der Waals surface area contributed by atoms with Gasteiger partial charge in [-0.2, -0.15) is 0 Å².